The maximum atomic E-state index is 13.0. The van der Waals surface area contributed by atoms with Gasteiger partial charge in [0.2, 0.25) is 10.0 Å². The number of nitrogens with zero attached hydrogens (tertiary/aromatic N) is 4. The molecule has 3 aromatic rings. The van der Waals surface area contributed by atoms with Crippen molar-refractivity contribution in [1.29, 1.82) is 0 Å². The zero-order chi connectivity index (χ0) is 19.7. The topological polar surface area (TPSA) is 85.9 Å². The van der Waals surface area contributed by atoms with Crippen molar-refractivity contribution in [2.45, 2.75) is 11.4 Å². The summed E-state index contributed by atoms with van der Waals surface area (Å²) in [5.41, 5.74) is 1.60. The minimum atomic E-state index is -3.77. The number of aromatic nitrogens is 3. The molecule has 0 unspecified atom stereocenters. The Hall–Kier alpha value is -2.75. The molecule has 1 fully saturated rings. The van der Waals surface area contributed by atoms with E-state index in [0.717, 1.165) is 11.1 Å². The molecule has 0 spiro atoms. The maximum Gasteiger partial charge on any atom is 0.350 e. The quantitative estimate of drug-likeness (QED) is 0.643. The Morgan fingerprint density at radius 1 is 1.14 bits per heavy atom. The minimum absolute atomic E-state index is 0.0229. The van der Waals surface area contributed by atoms with Gasteiger partial charge < -0.3 is 4.74 Å². The molecule has 0 aliphatic carbocycles. The third-order valence-corrected chi connectivity index (χ3v) is 6.63. The zero-order valence-electron chi connectivity index (χ0n) is 15.2. The first-order valence-corrected chi connectivity index (χ1v) is 10.3. The number of morpholine rings is 1. The molecule has 0 atom stereocenters. The molecule has 0 saturated carbocycles. The standard InChI is InChI=1S/C19H20N4O4S/c1-2-15-5-7-16(8-6-15)14-23-19(24)22-9-3-4-17(18(22)20-23)28(25,26)21-10-12-27-13-11-21/h2-9H,1,10-14H2. The summed E-state index contributed by atoms with van der Waals surface area (Å²) in [5.74, 6) is 0. The highest BCUT2D eigenvalue weighted by Crippen LogP contribution is 2.20. The van der Waals surface area contributed by atoms with Crippen LogP contribution < -0.4 is 5.69 Å². The number of ether oxygens (including phenoxy) is 1. The van der Waals surface area contributed by atoms with Crippen LogP contribution >= 0.6 is 0 Å². The molecular weight excluding hydrogens is 380 g/mol. The van der Waals surface area contributed by atoms with Gasteiger partial charge in [-0.25, -0.2) is 22.3 Å². The summed E-state index contributed by atoms with van der Waals surface area (Å²) in [4.78, 5) is 12.8. The molecule has 1 aromatic carbocycles. The van der Waals surface area contributed by atoms with Gasteiger partial charge in [-0.05, 0) is 23.3 Å². The summed E-state index contributed by atoms with van der Waals surface area (Å²) in [6, 6.07) is 10.6. The van der Waals surface area contributed by atoms with Crippen molar-refractivity contribution in [3.8, 4) is 0 Å². The molecule has 0 N–H and O–H groups in total. The Bertz CT molecular complexity index is 1170. The van der Waals surface area contributed by atoms with Crippen molar-refractivity contribution in [2.75, 3.05) is 26.3 Å². The van der Waals surface area contributed by atoms with Crippen LogP contribution in [0.3, 0.4) is 0 Å². The van der Waals surface area contributed by atoms with E-state index in [9.17, 15) is 13.2 Å². The number of hydrogen-bond acceptors (Lipinski definition) is 5. The molecule has 3 heterocycles. The van der Waals surface area contributed by atoms with Gasteiger partial charge >= 0.3 is 5.69 Å². The lowest BCUT2D eigenvalue weighted by Gasteiger charge is -2.25. The van der Waals surface area contributed by atoms with Crippen LogP contribution in [-0.4, -0.2) is 53.2 Å². The van der Waals surface area contributed by atoms with Crippen molar-refractivity contribution >= 4 is 21.7 Å². The van der Waals surface area contributed by atoms with E-state index in [2.05, 4.69) is 11.7 Å². The largest absolute Gasteiger partial charge is 0.379 e. The van der Waals surface area contributed by atoms with Gasteiger partial charge in [0.1, 0.15) is 4.90 Å². The van der Waals surface area contributed by atoms with Crippen LogP contribution in [0, 0.1) is 0 Å². The van der Waals surface area contributed by atoms with Gasteiger partial charge in [-0.15, -0.1) is 5.10 Å². The molecular formula is C19H20N4O4S. The minimum Gasteiger partial charge on any atom is -0.379 e. The summed E-state index contributed by atoms with van der Waals surface area (Å²) >= 11 is 0. The van der Waals surface area contributed by atoms with Gasteiger partial charge in [0.15, 0.2) is 5.65 Å². The van der Waals surface area contributed by atoms with Gasteiger partial charge in [0.25, 0.3) is 0 Å². The van der Waals surface area contributed by atoms with Gasteiger partial charge in [-0.2, -0.15) is 4.31 Å². The monoisotopic (exact) mass is 400 g/mol. The maximum absolute atomic E-state index is 13.0. The average molecular weight is 400 g/mol. The molecule has 2 aromatic heterocycles. The Morgan fingerprint density at radius 3 is 2.54 bits per heavy atom. The van der Waals surface area contributed by atoms with E-state index in [1.807, 2.05) is 24.3 Å². The highest BCUT2D eigenvalue weighted by molar-refractivity contribution is 7.89. The van der Waals surface area contributed by atoms with E-state index < -0.39 is 10.0 Å². The number of hydrogen-bond donors (Lipinski definition) is 0. The lowest BCUT2D eigenvalue weighted by molar-refractivity contribution is 0.0730. The molecule has 4 rings (SSSR count). The summed E-state index contributed by atoms with van der Waals surface area (Å²) < 4.78 is 35.2. The smallest absolute Gasteiger partial charge is 0.350 e. The van der Waals surface area contributed by atoms with Gasteiger partial charge in [0.05, 0.1) is 19.8 Å². The Labute approximate surface area is 162 Å². The van der Waals surface area contributed by atoms with E-state index in [1.165, 1.54) is 25.7 Å². The van der Waals surface area contributed by atoms with Gasteiger partial charge in [-0.3, -0.25) is 0 Å². The fraction of sp³-hybridized carbons (Fsp3) is 0.263. The second kappa shape index (κ2) is 7.34. The fourth-order valence-electron chi connectivity index (χ4n) is 3.18. The number of rotatable bonds is 5. The third-order valence-electron chi connectivity index (χ3n) is 4.71. The first-order chi connectivity index (χ1) is 13.5. The molecule has 146 valence electrons. The molecule has 9 heteroatoms. The van der Waals surface area contributed by atoms with Crippen LogP contribution in [0.2, 0.25) is 0 Å². The SMILES string of the molecule is C=Cc1ccc(Cn2nc3c(S(=O)(=O)N4CCOCC4)cccn3c2=O)cc1. The van der Waals surface area contributed by atoms with E-state index in [0.29, 0.717) is 13.2 Å². The first kappa shape index (κ1) is 18.6. The summed E-state index contributed by atoms with van der Waals surface area (Å²) in [6.07, 6.45) is 3.27. The molecule has 28 heavy (non-hydrogen) atoms. The number of fused-ring (bicyclic) bond motifs is 1. The average Bonchev–Trinajstić information content (AvgIpc) is 3.04. The summed E-state index contributed by atoms with van der Waals surface area (Å²) in [6.45, 7) is 5.23. The first-order valence-electron chi connectivity index (χ1n) is 8.88. The van der Waals surface area contributed by atoms with Crippen LogP contribution in [0.5, 0.6) is 0 Å². The van der Waals surface area contributed by atoms with Gasteiger partial charge in [-0.1, -0.05) is 36.9 Å². The Morgan fingerprint density at radius 2 is 1.86 bits per heavy atom. The number of pyridine rings is 1. The van der Waals surface area contributed by atoms with Crippen molar-refractivity contribution in [3.05, 3.63) is 70.8 Å². The molecule has 0 amide bonds. The van der Waals surface area contributed by atoms with Crippen LogP contribution in [0.15, 0.2) is 58.9 Å². The highest BCUT2D eigenvalue weighted by Gasteiger charge is 2.29. The van der Waals surface area contributed by atoms with E-state index in [1.54, 1.807) is 12.1 Å². The molecule has 0 bridgehead atoms. The highest BCUT2D eigenvalue weighted by atomic mass is 32.2. The number of benzene rings is 1. The molecule has 8 nitrogen and oxygen atoms in total. The van der Waals surface area contributed by atoms with E-state index >= 15 is 0 Å². The predicted octanol–water partition coefficient (Wildman–Crippen LogP) is 1.21. The predicted molar refractivity (Wildman–Crippen MR) is 105 cm³/mol. The molecule has 0 radical (unpaired) electrons. The van der Waals surface area contributed by atoms with Crippen LogP contribution in [-0.2, 0) is 21.3 Å². The van der Waals surface area contributed by atoms with Crippen molar-refractivity contribution in [1.82, 2.24) is 18.5 Å². The molecule has 1 saturated heterocycles. The Kier molecular flexibility index (Phi) is 4.88. The molecule has 1 aliphatic rings. The van der Waals surface area contributed by atoms with Gasteiger partial charge in [0, 0.05) is 19.3 Å². The van der Waals surface area contributed by atoms with Crippen LogP contribution in [0.4, 0.5) is 0 Å². The molecule has 1 aliphatic heterocycles. The van der Waals surface area contributed by atoms with Crippen LogP contribution in [0.25, 0.3) is 11.7 Å². The second-order valence-corrected chi connectivity index (χ2v) is 8.37. The second-order valence-electron chi connectivity index (χ2n) is 6.47. The Balaban J connectivity index is 1.75. The van der Waals surface area contributed by atoms with Crippen LogP contribution in [0.1, 0.15) is 11.1 Å². The van der Waals surface area contributed by atoms with E-state index in [-0.39, 0.29) is 35.9 Å². The summed E-state index contributed by atoms with van der Waals surface area (Å²) in [7, 11) is -3.77. The fourth-order valence-corrected chi connectivity index (χ4v) is 4.70. The number of sulfonamides is 1. The summed E-state index contributed by atoms with van der Waals surface area (Å²) in [5, 5.41) is 4.32. The normalized spacial score (nSPS) is 15.7. The zero-order valence-corrected chi connectivity index (χ0v) is 16.0. The lowest BCUT2D eigenvalue weighted by atomic mass is 10.1. The van der Waals surface area contributed by atoms with Crippen molar-refractivity contribution in [3.63, 3.8) is 0 Å². The van der Waals surface area contributed by atoms with E-state index in [4.69, 9.17) is 4.74 Å². The third kappa shape index (κ3) is 3.28. The van der Waals surface area contributed by atoms with Crippen molar-refractivity contribution < 1.29 is 13.2 Å². The van der Waals surface area contributed by atoms with Crippen molar-refractivity contribution in [2.24, 2.45) is 0 Å². The lowest BCUT2D eigenvalue weighted by Crippen LogP contribution is -2.40.